The first-order chi connectivity index (χ1) is 11.8. The lowest BCUT2D eigenvalue weighted by atomic mass is 10.2. The monoisotopic (exact) mass is 392 g/mol. The molecule has 1 aromatic heterocycles. The lowest BCUT2D eigenvalue weighted by Gasteiger charge is -2.15. The summed E-state index contributed by atoms with van der Waals surface area (Å²) in [7, 11) is -3.74. The van der Waals surface area contributed by atoms with E-state index in [1.54, 1.807) is 37.5 Å². The maximum Gasteiger partial charge on any atom is 0.262 e. The van der Waals surface area contributed by atoms with E-state index in [0.29, 0.717) is 16.9 Å². The molecule has 2 aromatic carbocycles. The minimum Gasteiger partial charge on any atom is -0.397 e. The minimum atomic E-state index is -3.74. The molecule has 3 N–H and O–H groups in total. The molecule has 0 radical (unpaired) electrons. The Kier molecular flexibility index (Phi) is 5.63. The van der Waals surface area contributed by atoms with Crippen LogP contribution in [0.1, 0.15) is 16.8 Å². The number of benzene rings is 2. The summed E-state index contributed by atoms with van der Waals surface area (Å²) >= 11 is 0. The number of aryl methyl sites for hydroxylation is 3. The molecule has 0 aliphatic heterocycles. The maximum absolute atomic E-state index is 12.8. The summed E-state index contributed by atoms with van der Waals surface area (Å²) in [6.07, 6.45) is 3.58. The van der Waals surface area contributed by atoms with Crippen LogP contribution in [-0.2, 0) is 10.0 Å². The lowest BCUT2D eigenvalue weighted by molar-refractivity contribution is 0.600. The highest BCUT2D eigenvalue weighted by molar-refractivity contribution is 7.92. The third kappa shape index (κ3) is 3.84. The van der Waals surface area contributed by atoms with Gasteiger partial charge in [-0.15, -0.1) is 12.4 Å². The molecule has 0 saturated carbocycles. The van der Waals surface area contributed by atoms with Gasteiger partial charge in [-0.3, -0.25) is 4.72 Å². The summed E-state index contributed by atoms with van der Waals surface area (Å²) < 4.78 is 30.0. The van der Waals surface area contributed by atoms with Crippen LogP contribution < -0.4 is 10.5 Å². The molecule has 0 fully saturated rings. The van der Waals surface area contributed by atoms with Crippen molar-refractivity contribution in [2.75, 3.05) is 10.5 Å². The summed E-state index contributed by atoms with van der Waals surface area (Å²) in [6.45, 7) is 5.48. The Hall–Kier alpha value is -2.51. The highest BCUT2D eigenvalue weighted by Gasteiger charge is 2.19. The van der Waals surface area contributed by atoms with E-state index in [0.717, 1.165) is 16.9 Å². The Morgan fingerprint density at radius 2 is 1.81 bits per heavy atom. The zero-order valence-electron chi connectivity index (χ0n) is 14.7. The number of imidazole rings is 1. The molecular formula is C18H21ClN4O2S. The molecule has 0 aliphatic carbocycles. The van der Waals surface area contributed by atoms with E-state index >= 15 is 0 Å². The van der Waals surface area contributed by atoms with Crippen molar-refractivity contribution < 1.29 is 8.42 Å². The molecule has 6 nitrogen and oxygen atoms in total. The van der Waals surface area contributed by atoms with Gasteiger partial charge in [0.25, 0.3) is 10.0 Å². The zero-order chi connectivity index (χ0) is 18.2. The van der Waals surface area contributed by atoms with Gasteiger partial charge in [0.15, 0.2) is 0 Å². The second-order valence-electron chi connectivity index (χ2n) is 6.02. The number of sulfonamides is 1. The normalized spacial score (nSPS) is 11.0. The topological polar surface area (TPSA) is 90.0 Å². The van der Waals surface area contributed by atoms with Crippen LogP contribution >= 0.6 is 12.4 Å². The lowest BCUT2D eigenvalue weighted by Crippen LogP contribution is -2.16. The van der Waals surface area contributed by atoms with Gasteiger partial charge in [-0.05, 0) is 56.2 Å². The van der Waals surface area contributed by atoms with E-state index in [2.05, 4.69) is 9.71 Å². The van der Waals surface area contributed by atoms with Crippen LogP contribution in [0, 0.1) is 20.8 Å². The number of nitrogen functional groups attached to an aromatic ring is 1. The van der Waals surface area contributed by atoms with Gasteiger partial charge in [-0.25, -0.2) is 13.4 Å². The molecule has 0 atom stereocenters. The smallest absolute Gasteiger partial charge is 0.262 e. The molecule has 1 heterocycles. The van der Waals surface area contributed by atoms with Crippen molar-refractivity contribution in [1.29, 1.82) is 0 Å². The average molecular weight is 393 g/mol. The van der Waals surface area contributed by atoms with E-state index in [1.165, 1.54) is 0 Å². The van der Waals surface area contributed by atoms with E-state index in [-0.39, 0.29) is 17.3 Å². The van der Waals surface area contributed by atoms with Crippen LogP contribution in [-0.4, -0.2) is 18.0 Å². The molecule has 0 spiro atoms. The van der Waals surface area contributed by atoms with Gasteiger partial charge in [0.2, 0.25) is 0 Å². The van der Waals surface area contributed by atoms with E-state index in [1.807, 2.05) is 36.7 Å². The molecule has 0 aliphatic rings. The van der Waals surface area contributed by atoms with Gasteiger partial charge < -0.3 is 10.3 Å². The van der Waals surface area contributed by atoms with E-state index < -0.39 is 10.0 Å². The largest absolute Gasteiger partial charge is 0.397 e. The third-order valence-corrected chi connectivity index (χ3v) is 5.51. The Labute approximate surface area is 159 Å². The number of nitrogens with two attached hydrogens (primary N) is 1. The van der Waals surface area contributed by atoms with Crippen LogP contribution in [0.5, 0.6) is 0 Å². The molecule has 138 valence electrons. The Morgan fingerprint density at radius 3 is 2.38 bits per heavy atom. The number of hydrogen-bond acceptors (Lipinski definition) is 4. The molecule has 0 bridgehead atoms. The van der Waals surface area contributed by atoms with Gasteiger partial charge in [0.1, 0.15) is 0 Å². The van der Waals surface area contributed by atoms with Crippen molar-refractivity contribution in [3.8, 4) is 5.69 Å². The van der Waals surface area contributed by atoms with E-state index in [4.69, 9.17) is 5.73 Å². The Balaban J connectivity index is 0.00000243. The summed E-state index contributed by atoms with van der Waals surface area (Å²) in [4.78, 5) is 4.41. The molecule has 26 heavy (non-hydrogen) atoms. The van der Waals surface area contributed by atoms with Crippen LogP contribution in [0.2, 0.25) is 0 Å². The minimum absolute atomic E-state index is 0. The number of anilines is 2. The van der Waals surface area contributed by atoms with Crippen molar-refractivity contribution in [3.05, 3.63) is 65.7 Å². The number of halogens is 1. The second-order valence-corrected chi connectivity index (χ2v) is 7.67. The average Bonchev–Trinajstić information content (AvgIpc) is 2.97. The number of para-hydroxylation sites is 1. The van der Waals surface area contributed by atoms with E-state index in [9.17, 15) is 8.42 Å². The van der Waals surface area contributed by atoms with Gasteiger partial charge in [0, 0.05) is 11.9 Å². The van der Waals surface area contributed by atoms with Crippen LogP contribution in [0.4, 0.5) is 11.4 Å². The molecule has 0 unspecified atom stereocenters. The highest BCUT2D eigenvalue weighted by Crippen LogP contribution is 2.27. The molecule has 0 amide bonds. The summed E-state index contributed by atoms with van der Waals surface area (Å²) in [6, 6.07) is 10.4. The standard InChI is InChI=1S/C18H20N4O2S.ClH/c1-12-5-4-6-16(19)18(12)21-25(23,24)17-8-7-15(9-13(17)2)22-10-14(3)20-11-22;/h4-11,21H,19H2,1-3H3;1H. The van der Waals surface area contributed by atoms with Gasteiger partial charge in [0.05, 0.1) is 28.3 Å². The second kappa shape index (κ2) is 7.39. The van der Waals surface area contributed by atoms with Crippen molar-refractivity contribution in [2.45, 2.75) is 25.7 Å². The predicted octanol–water partition coefficient (Wildman–Crippen LogP) is 3.60. The fraction of sp³-hybridized carbons (Fsp3) is 0.167. The third-order valence-electron chi connectivity index (χ3n) is 4.00. The molecule has 3 rings (SSSR count). The molecule has 0 saturated heterocycles. The van der Waals surface area contributed by atoms with Crippen molar-refractivity contribution in [3.63, 3.8) is 0 Å². The van der Waals surface area contributed by atoms with Crippen molar-refractivity contribution in [2.24, 2.45) is 0 Å². The SMILES string of the molecule is Cc1cn(-c2ccc(S(=O)(=O)Nc3c(C)cccc3N)c(C)c2)cn1.Cl. The van der Waals surface area contributed by atoms with Crippen LogP contribution in [0.15, 0.2) is 53.8 Å². The molecule has 8 heteroatoms. The Morgan fingerprint density at radius 1 is 1.08 bits per heavy atom. The fourth-order valence-corrected chi connectivity index (χ4v) is 4.06. The fourth-order valence-electron chi connectivity index (χ4n) is 2.68. The molecule has 3 aromatic rings. The number of aromatic nitrogens is 2. The first kappa shape index (κ1) is 19.8. The number of hydrogen-bond donors (Lipinski definition) is 2. The predicted molar refractivity (Wildman–Crippen MR) is 107 cm³/mol. The first-order valence-corrected chi connectivity index (χ1v) is 9.26. The Bertz CT molecular complexity index is 1020. The van der Waals surface area contributed by atoms with Crippen molar-refractivity contribution >= 4 is 33.8 Å². The maximum atomic E-state index is 12.8. The van der Waals surface area contributed by atoms with Crippen LogP contribution in [0.3, 0.4) is 0 Å². The number of nitrogens with one attached hydrogen (secondary N) is 1. The summed E-state index contributed by atoms with van der Waals surface area (Å²) in [5, 5.41) is 0. The summed E-state index contributed by atoms with van der Waals surface area (Å²) in [5.74, 6) is 0. The highest BCUT2D eigenvalue weighted by atomic mass is 35.5. The zero-order valence-corrected chi connectivity index (χ0v) is 16.4. The first-order valence-electron chi connectivity index (χ1n) is 7.77. The quantitative estimate of drug-likeness (QED) is 0.663. The van der Waals surface area contributed by atoms with Gasteiger partial charge in [-0.1, -0.05) is 12.1 Å². The van der Waals surface area contributed by atoms with Crippen molar-refractivity contribution in [1.82, 2.24) is 9.55 Å². The number of rotatable bonds is 4. The van der Waals surface area contributed by atoms with Gasteiger partial charge >= 0.3 is 0 Å². The summed E-state index contributed by atoms with van der Waals surface area (Å²) in [5.41, 5.74) is 9.88. The van der Waals surface area contributed by atoms with Crippen LogP contribution in [0.25, 0.3) is 5.69 Å². The molecular weight excluding hydrogens is 372 g/mol. The number of nitrogens with zero attached hydrogens (tertiary/aromatic N) is 2. The van der Waals surface area contributed by atoms with Gasteiger partial charge in [-0.2, -0.15) is 0 Å².